The third-order valence-electron chi connectivity index (χ3n) is 19.9. The number of aromatic amines is 1. The van der Waals surface area contributed by atoms with Gasteiger partial charge in [0.05, 0.1) is 44.8 Å². The van der Waals surface area contributed by atoms with Crippen molar-refractivity contribution in [2.75, 3.05) is 16.4 Å². The number of nitro benzene ring substituents is 3. The Morgan fingerprint density at radius 1 is 0.448 bits per heavy atom. The van der Waals surface area contributed by atoms with Gasteiger partial charge in [-0.05, 0) is 201 Å². The molecule has 5 N–H and O–H groups in total. The molecule has 0 unspecified atom stereocenters. The molecule has 0 saturated heterocycles. The van der Waals surface area contributed by atoms with E-state index in [1.54, 1.807) is 61.7 Å². The molecule has 4 heterocycles. The Labute approximate surface area is 629 Å². The van der Waals surface area contributed by atoms with Gasteiger partial charge < -0.3 is 30.5 Å². The topological polar surface area (TPSA) is 262 Å². The van der Waals surface area contributed by atoms with E-state index in [0.29, 0.717) is 35.0 Å². The summed E-state index contributed by atoms with van der Waals surface area (Å²) >= 11 is 6.77. The van der Waals surface area contributed by atoms with Crippen molar-refractivity contribution in [1.29, 1.82) is 0 Å². The highest BCUT2D eigenvalue weighted by Crippen LogP contribution is 2.41. The molecule has 0 atom stereocenters. The van der Waals surface area contributed by atoms with Crippen molar-refractivity contribution < 1.29 is 14.8 Å². The Bertz CT molecular complexity index is 4700. The lowest BCUT2D eigenvalue weighted by atomic mass is 9.84. The van der Waals surface area contributed by atoms with Crippen LogP contribution in [0.1, 0.15) is 180 Å². The number of nitrogens with two attached hydrogens (primary N) is 1. The van der Waals surface area contributed by atoms with Crippen LogP contribution in [0.15, 0.2) is 241 Å². The van der Waals surface area contributed by atoms with Gasteiger partial charge in [-0.15, -0.1) is 0 Å². The normalized spacial score (nSPS) is 14.7. The zero-order valence-corrected chi connectivity index (χ0v) is 62.3. The second-order valence-electron chi connectivity index (χ2n) is 27.2. The third kappa shape index (κ3) is 21.8. The van der Waals surface area contributed by atoms with Gasteiger partial charge in [-0.3, -0.25) is 34.9 Å². The summed E-state index contributed by atoms with van der Waals surface area (Å²) in [5.74, 6) is 2.09. The van der Waals surface area contributed by atoms with Gasteiger partial charge in [-0.2, -0.15) is 0 Å². The first-order valence-electron chi connectivity index (χ1n) is 36.4. The fraction of sp³-hybridized carbons (Fsp3) is 0.301. The fourth-order valence-corrected chi connectivity index (χ4v) is 15.3. The maximum atomic E-state index is 11.7. The van der Waals surface area contributed by atoms with E-state index in [-0.39, 0.29) is 32.6 Å². The molecule has 0 radical (unpaired) electrons. The fourth-order valence-electron chi connectivity index (χ4n) is 14.4. The zero-order chi connectivity index (χ0) is 73.3. The molecular weight excluding hydrogens is 1450 g/mol. The summed E-state index contributed by atoms with van der Waals surface area (Å²) in [6, 6.07) is 55.3. The van der Waals surface area contributed by atoms with Gasteiger partial charge in [0.25, 0.3) is 17.1 Å². The van der Waals surface area contributed by atoms with E-state index >= 15 is 0 Å². The molecule has 0 aliphatic heterocycles. The lowest BCUT2D eigenvalue weighted by molar-refractivity contribution is -0.384. The molecule has 542 valence electrons. The first-order valence-corrected chi connectivity index (χ1v) is 38.0. The van der Waals surface area contributed by atoms with Crippen LogP contribution < -0.4 is 16.4 Å². The van der Waals surface area contributed by atoms with Crippen molar-refractivity contribution in [3.05, 3.63) is 299 Å². The minimum Gasteiger partial charge on any atom is -0.393 e. The molecule has 12 aromatic rings. The van der Waals surface area contributed by atoms with Crippen LogP contribution in [-0.4, -0.2) is 53.4 Å². The third-order valence-corrected chi connectivity index (χ3v) is 20.9. The van der Waals surface area contributed by atoms with Crippen molar-refractivity contribution in [3.63, 3.8) is 0 Å². The molecule has 0 amide bonds. The summed E-state index contributed by atoms with van der Waals surface area (Å²) in [7, 11) is 0. The highest BCUT2D eigenvalue weighted by Gasteiger charge is 2.25. The van der Waals surface area contributed by atoms with Crippen LogP contribution in [0.3, 0.4) is 0 Å². The van der Waals surface area contributed by atoms with Crippen LogP contribution in [0.5, 0.6) is 0 Å². The Hall–Kier alpha value is -10.6. The van der Waals surface area contributed by atoms with E-state index in [9.17, 15) is 30.3 Å². The number of aryl methyl sites for hydroxylation is 1. The first kappa shape index (κ1) is 75.6. The summed E-state index contributed by atoms with van der Waals surface area (Å²) in [5, 5.41) is 40.3. The number of nitrogen functional groups attached to an aromatic ring is 1. The molecule has 20 nitrogen and oxygen atoms in total. The van der Waals surface area contributed by atoms with Crippen molar-refractivity contribution in [2.24, 2.45) is 0 Å². The molecule has 4 fully saturated rings. The van der Waals surface area contributed by atoms with Crippen molar-refractivity contribution in [1.82, 2.24) is 38.6 Å². The standard InChI is InChI=1S/C22H22N4.C21H22N4O2.C18H19BrN2O2.C12H16N2O2.C7H7Br.C3H4N2/c1-2-5-17(6-3-1)18-9-10-22-21(13-18)24-16-26(22)20-8-4-7-19(14-20)25-12-11-23-15-25;26-25(27)21-13-17(16-5-2-1-3-6-16)9-10-20(21)23-18-7-4-8-19(14-18)24-12-11-22-15-24;19-15-7-4-8-16(12-15)20-17-10-9-14(11-18(17)21(22)23)13-5-2-1-3-6-13;13-11-7-6-10(8-12(11)14(15)16)9-4-2-1-3-5-9;1-6-3-2-4-7(8)5-6;1-2-5-3-4-1/h4,7-17H,1-3,5-6H2;4,7-16,23H,1-3,5-6H2;4,7-13,20H,1-3,5-6H2;6-9H,1-5,13H2;2-5H,1H3;1-3H,(H,4,5). The molecule has 105 heavy (non-hydrogen) atoms. The Morgan fingerprint density at radius 2 is 0.886 bits per heavy atom. The Balaban J connectivity index is 0.000000133. The van der Waals surface area contributed by atoms with Gasteiger partial charge in [-0.25, -0.2) is 19.9 Å². The van der Waals surface area contributed by atoms with Gasteiger partial charge in [-0.1, -0.05) is 169 Å². The molecule has 4 saturated carbocycles. The predicted octanol–water partition coefficient (Wildman–Crippen LogP) is 23.4. The van der Waals surface area contributed by atoms with Crippen molar-refractivity contribution in [3.8, 4) is 17.1 Å². The summed E-state index contributed by atoms with van der Waals surface area (Å²) in [5.41, 5.74) is 20.2. The summed E-state index contributed by atoms with van der Waals surface area (Å²) in [4.78, 5) is 52.2. The molecular formula is C83H90Br2N14O6. The number of hydrogen-bond acceptors (Lipinski definition) is 13. The SMILES string of the molecule is Cc1cccc(Br)c1.Nc1ccc(C2CCCCC2)cc1[N+](=O)[O-].O=[N+]([O-])c1cc(C2CCCCC2)ccc1Nc1cccc(-n2ccnc2)c1.O=[N+]([O-])c1cc(C2CCCCC2)ccc1Nc1cccc(Br)c1.c1c[nH]cn1.c1cc(-n2ccnc2)cc(-n2cnc3cc(C4CCCCC4)ccc32)c1. The van der Waals surface area contributed by atoms with Gasteiger partial charge in [0, 0.05) is 92.8 Å². The van der Waals surface area contributed by atoms with E-state index in [4.69, 9.17) is 5.73 Å². The van der Waals surface area contributed by atoms with E-state index in [0.717, 1.165) is 104 Å². The largest absolute Gasteiger partial charge is 0.393 e. The minimum absolute atomic E-state index is 0.0445. The number of nitro groups is 3. The number of fused-ring (bicyclic) bond motifs is 1. The lowest BCUT2D eigenvalue weighted by Gasteiger charge is -2.22. The zero-order valence-electron chi connectivity index (χ0n) is 59.1. The van der Waals surface area contributed by atoms with Crippen LogP contribution in [0.4, 0.5) is 45.5 Å². The van der Waals surface area contributed by atoms with Crippen LogP contribution in [-0.2, 0) is 0 Å². The number of imidazole rings is 4. The molecule has 4 aromatic heterocycles. The van der Waals surface area contributed by atoms with Gasteiger partial charge >= 0.3 is 0 Å². The minimum atomic E-state index is -0.401. The number of halogens is 2. The van der Waals surface area contributed by atoms with Crippen molar-refractivity contribution >= 4 is 88.4 Å². The quantitative estimate of drug-likeness (QED) is 0.0449. The first-order chi connectivity index (χ1) is 51.2. The van der Waals surface area contributed by atoms with Crippen LogP contribution >= 0.6 is 31.9 Å². The van der Waals surface area contributed by atoms with E-state index in [1.165, 1.54) is 101 Å². The van der Waals surface area contributed by atoms with E-state index < -0.39 is 4.92 Å². The number of nitrogens with one attached hydrogen (secondary N) is 3. The molecule has 8 aromatic carbocycles. The number of rotatable bonds is 14. The summed E-state index contributed by atoms with van der Waals surface area (Å²) in [6.45, 7) is 2.07. The Morgan fingerprint density at radius 3 is 1.32 bits per heavy atom. The monoisotopic (exact) mass is 1540 g/mol. The van der Waals surface area contributed by atoms with Crippen LogP contribution in [0, 0.1) is 37.3 Å². The maximum absolute atomic E-state index is 11.7. The molecule has 4 aliphatic rings. The number of H-pyrrole nitrogens is 1. The smallest absolute Gasteiger partial charge is 0.292 e. The second-order valence-corrected chi connectivity index (χ2v) is 29.0. The summed E-state index contributed by atoms with van der Waals surface area (Å²) < 4.78 is 8.16. The predicted molar refractivity (Wildman–Crippen MR) is 427 cm³/mol. The van der Waals surface area contributed by atoms with Gasteiger partial charge in [0.2, 0.25) is 0 Å². The van der Waals surface area contributed by atoms with Crippen LogP contribution in [0.2, 0.25) is 0 Å². The highest BCUT2D eigenvalue weighted by molar-refractivity contribution is 9.10. The lowest BCUT2D eigenvalue weighted by Crippen LogP contribution is -2.06. The molecule has 4 aliphatic carbocycles. The van der Waals surface area contributed by atoms with Gasteiger partial charge in [0.1, 0.15) is 23.4 Å². The van der Waals surface area contributed by atoms with E-state index in [1.807, 2.05) is 125 Å². The van der Waals surface area contributed by atoms with Gasteiger partial charge in [0.15, 0.2) is 0 Å². The molecule has 0 spiro atoms. The number of aromatic nitrogens is 8. The second kappa shape index (κ2) is 38.3. The highest BCUT2D eigenvalue weighted by atomic mass is 79.9. The molecule has 22 heteroatoms. The van der Waals surface area contributed by atoms with Crippen molar-refractivity contribution in [2.45, 2.75) is 159 Å². The summed E-state index contributed by atoms with van der Waals surface area (Å²) in [6.07, 6.45) is 42.6. The number of hydrogen-bond donors (Lipinski definition) is 4. The maximum Gasteiger partial charge on any atom is 0.292 e. The average molecular weight is 1540 g/mol. The molecule has 16 rings (SSSR count). The Kier molecular flexibility index (Phi) is 27.5. The molecule has 0 bridgehead atoms. The number of nitrogens with zero attached hydrogens (tertiary/aromatic N) is 10. The number of anilines is 5. The average Bonchev–Trinajstić information content (AvgIpc) is 1.67. The van der Waals surface area contributed by atoms with Crippen LogP contribution in [0.25, 0.3) is 28.1 Å². The number of benzene rings is 8. The van der Waals surface area contributed by atoms with E-state index in [2.05, 4.69) is 134 Å².